The number of hydrogen-bond donors (Lipinski definition) is 0. The summed E-state index contributed by atoms with van der Waals surface area (Å²) >= 11 is 0. The predicted molar refractivity (Wildman–Crippen MR) is 82.4 cm³/mol. The Kier molecular flexibility index (Phi) is 4.74. The van der Waals surface area contributed by atoms with Crippen LogP contribution in [0.5, 0.6) is 5.75 Å². The molecule has 0 N–H and O–H groups in total. The third-order valence-corrected chi connectivity index (χ3v) is 4.37. The monoisotopic (exact) mass is 305 g/mol. The molecular weight excluding hydrogens is 282 g/mol. The molecule has 1 aliphatic rings. The quantitative estimate of drug-likeness (QED) is 0.598. The number of esters is 1. The summed E-state index contributed by atoms with van der Waals surface area (Å²) in [4.78, 5) is 26.2. The molecular formula is C17H23NO4. The second-order valence-corrected chi connectivity index (χ2v) is 5.87. The van der Waals surface area contributed by atoms with Gasteiger partial charge in [0, 0.05) is 6.54 Å². The van der Waals surface area contributed by atoms with Gasteiger partial charge in [0.2, 0.25) is 5.91 Å². The lowest BCUT2D eigenvalue weighted by atomic mass is 9.69. The minimum Gasteiger partial charge on any atom is -0.497 e. The molecule has 0 bridgehead atoms. The van der Waals surface area contributed by atoms with E-state index in [2.05, 4.69) is 0 Å². The molecule has 1 aromatic carbocycles. The highest BCUT2D eigenvalue weighted by molar-refractivity contribution is 6.00. The van der Waals surface area contributed by atoms with E-state index in [4.69, 9.17) is 9.47 Å². The molecule has 5 nitrogen and oxygen atoms in total. The van der Waals surface area contributed by atoms with E-state index < -0.39 is 11.5 Å². The number of carbonyl (C=O) groups excluding carboxylic acids is 2. The molecule has 0 saturated carbocycles. The second-order valence-electron chi connectivity index (χ2n) is 5.87. The average Bonchev–Trinajstić information content (AvgIpc) is 2.54. The summed E-state index contributed by atoms with van der Waals surface area (Å²) in [5.41, 5.74) is 0.315. The van der Waals surface area contributed by atoms with Crippen molar-refractivity contribution < 1.29 is 19.1 Å². The fraction of sp³-hybridized carbons (Fsp3) is 0.529. The Morgan fingerprint density at radius 2 is 1.91 bits per heavy atom. The van der Waals surface area contributed by atoms with Crippen molar-refractivity contribution >= 4 is 11.9 Å². The van der Waals surface area contributed by atoms with Crippen molar-refractivity contribution in [2.45, 2.75) is 39.3 Å². The first-order valence-electron chi connectivity index (χ1n) is 7.49. The molecule has 2 unspecified atom stereocenters. The first-order valence-corrected chi connectivity index (χ1v) is 7.49. The number of β-lactam (4-membered cyclic amide) rings is 1. The van der Waals surface area contributed by atoms with E-state index in [-0.39, 0.29) is 11.9 Å². The van der Waals surface area contributed by atoms with Crippen LogP contribution in [-0.4, -0.2) is 37.0 Å². The Morgan fingerprint density at radius 1 is 1.27 bits per heavy atom. The van der Waals surface area contributed by atoms with Crippen LogP contribution in [0.3, 0.4) is 0 Å². The molecule has 1 aromatic rings. The second kappa shape index (κ2) is 6.38. The topological polar surface area (TPSA) is 55.8 Å². The van der Waals surface area contributed by atoms with Gasteiger partial charge in [-0.2, -0.15) is 0 Å². The van der Waals surface area contributed by atoms with E-state index in [1.54, 1.807) is 12.0 Å². The Labute approximate surface area is 131 Å². The number of nitrogens with zero attached hydrogens (tertiary/aromatic N) is 1. The number of methoxy groups -OCH3 is 2. The molecule has 1 saturated heterocycles. The van der Waals surface area contributed by atoms with Crippen LogP contribution >= 0.6 is 0 Å². The summed E-state index contributed by atoms with van der Waals surface area (Å²) < 4.78 is 10.0. The highest BCUT2D eigenvalue weighted by Crippen LogP contribution is 2.44. The molecule has 1 fully saturated rings. The van der Waals surface area contributed by atoms with E-state index in [1.807, 2.05) is 38.1 Å². The summed E-state index contributed by atoms with van der Waals surface area (Å²) in [6.45, 7) is 4.27. The van der Waals surface area contributed by atoms with Gasteiger partial charge in [-0.05, 0) is 31.0 Å². The van der Waals surface area contributed by atoms with Crippen LogP contribution in [0.15, 0.2) is 24.3 Å². The maximum Gasteiger partial charge on any atom is 0.329 e. The Balaban J connectivity index is 2.18. The zero-order valence-corrected chi connectivity index (χ0v) is 13.6. The Hall–Kier alpha value is -2.04. The van der Waals surface area contributed by atoms with E-state index in [0.29, 0.717) is 13.0 Å². The minimum atomic E-state index is -0.645. The van der Waals surface area contributed by atoms with E-state index in [1.165, 1.54) is 7.11 Å². The van der Waals surface area contributed by atoms with Gasteiger partial charge in [0.05, 0.1) is 19.6 Å². The molecule has 2 atom stereocenters. The lowest BCUT2D eigenvalue weighted by molar-refractivity contribution is -0.186. The van der Waals surface area contributed by atoms with Crippen LogP contribution in [0, 0.1) is 5.41 Å². The first kappa shape index (κ1) is 16.3. The molecule has 120 valence electrons. The summed E-state index contributed by atoms with van der Waals surface area (Å²) in [6.07, 6.45) is 1.54. The lowest BCUT2D eigenvalue weighted by Gasteiger charge is -2.52. The molecule has 0 aromatic heterocycles. The largest absolute Gasteiger partial charge is 0.497 e. The maximum absolute atomic E-state index is 12.5. The minimum absolute atomic E-state index is 0.0144. The van der Waals surface area contributed by atoms with Gasteiger partial charge < -0.3 is 14.4 Å². The molecule has 0 aliphatic carbocycles. The third kappa shape index (κ3) is 2.67. The number of carbonyl (C=O) groups is 2. The van der Waals surface area contributed by atoms with Crippen molar-refractivity contribution in [3.8, 4) is 5.75 Å². The number of hydrogen-bond acceptors (Lipinski definition) is 4. The van der Waals surface area contributed by atoms with Gasteiger partial charge in [-0.1, -0.05) is 25.5 Å². The summed E-state index contributed by atoms with van der Waals surface area (Å²) in [5.74, 6) is 0.434. The van der Waals surface area contributed by atoms with Gasteiger partial charge in [-0.3, -0.25) is 4.79 Å². The fourth-order valence-electron chi connectivity index (χ4n) is 3.19. The molecule has 0 spiro atoms. The van der Waals surface area contributed by atoms with Crippen molar-refractivity contribution in [3.63, 3.8) is 0 Å². The van der Waals surface area contributed by atoms with Crippen LogP contribution < -0.4 is 4.74 Å². The maximum atomic E-state index is 12.5. The van der Waals surface area contributed by atoms with Crippen LogP contribution in [0.2, 0.25) is 0 Å². The normalized spacial score (nSPS) is 23.9. The van der Waals surface area contributed by atoms with Gasteiger partial charge in [0.15, 0.2) is 0 Å². The van der Waals surface area contributed by atoms with E-state index in [0.717, 1.165) is 17.7 Å². The molecule has 2 rings (SSSR count). The molecule has 1 heterocycles. The van der Waals surface area contributed by atoms with Gasteiger partial charge in [0.25, 0.3) is 0 Å². The summed E-state index contributed by atoms with van der Waals surface area (Å²) in [6, 6.07) is 6.98. The van der Waals surface area contributed by atoms with Crippen molar-refractivity contribution in [2.24, 2.45) is 5.41 Å². The molecule has 22 heavy (non-hydrogen) atoms. The Bertz CT molecular complexity index is 554. The SMILES string of the molecule is CCCC1(C)C(=O)N(Cc2ccc(OC)cc2)C1C(=O)OC. The number of benzene rings is 1. The number of amides is 1. The van der Waals surface area contributed by atoms with Gasteiger partial charge >= 0.3 is 5.97 Å². The highest BCUT2D eigenvalue weighted by Gasteiger charge is 2.60. The van der Waals surface area contributed by atoms with Crippen LogP contribution in [0.25, 0.3) is 0 Å². The van der Waals surface area contributed by atoms with Crippen LogP contribution in [-0.2, 0) is 20.9 Å². The van der Waals surface area contributed by atoms with Crippen molar-refractivity contribution in [1.82, 2.24) is 4.90 Å². The smallest absolute Gasteiger partial charge is 0.329 e. The van der Waals surface area contributed by atoms with Crippen molar-refractivity contribution in [3.05, 3.63) is 29.8 Å². The van der Waals surface area contributed by atoms with Crippen molar-refractivity contribution in [1.29, 1.82) is 0 Å². The lowest BCUT2D eigenvalue weighted by Crippen LogP contribution is -2.70. The average molecular weight is 305 g/mol. The molecule has 0 radical (unpaired) electrons. The van der Waals surface area contributed by atoms with Gasteiger partial charge in [0.1, 0.15) is 11.8 Å². The fourth-order valence-corrected chi connectivity index (χ4v) is 3.19. The van der Waals surface area contributed by atoms with Crippen LogP contribution in [0.1, 0.15) is 32.3 Å². The summed E-state index contributed by atoms with van der Waals surface area (Å²) in [5, 5.41) is 0. The van der Waals surface area contributed by atoms with Gasteiger partial charge in [-0.15, -0.1) is 0 Å². The zero-order valence-electron chi connectivity index (χ0n) is 13.6. The standard InChI is InChI=1S/C17H23NO4/c1-5-10-17(2)14(15(19)22-4)18(16(17)20)11-12-6-8-13(21-3)9-7-12/h6-9,14H,5,10-11H2,1-4H3. The number of ether oxygens (including phenoxy) is 2. The van der Waals surface area contributed by atoms with E-state index in [9.17, 15) is 9.59 Å². The number of likely N-dealkylation sites (tertiary alicyclic amines) is 1. The zero-order chi connectivity index (χ0) is 16.3. The summed E-state index contributed by atoms with van der Waals surface area (Å²) in [7, 11) is 2.97. The molecule has 5 heteroatoms. The first-order chi connectivity index (χ1) is 10.5. The highest BCUT2D eigenvalue weighted by atomic mass is 16.5. The van der Waals surface area contributed by atoms with E-state index >= 15 is 0 Å². The molecule has 1 aliphatic heterocycles. The van der Waals surface area contributed by atoms with Crippen LogP contribution in [0.4, 0.5) is 0 Å². The Morgan fingerprint density at radius 3 is 2.41 bits per heavy atom. The van der Waals surface area contributed by atoms with Gasteiger partial charge in [-0.25, -0.2) is 4.79 Å². The number of rotatable bonds is 6. The predicted octanol–water partition coefficient (Wildman–Crippen LogP) is 2.39. The third-order valence-electron chi connectivity index (χ3n) is 4.37. The van der Waals surface area contributed by atoms with Crippen molar-refractivity contribution in [2.75, 3.05) is 14.2 Å². The molecule has 1 amide bonds.